The van der Waals surface area contributed by atoms with Gasteiger partial charge in [0, 0.05) is 5.92 Å². The molecule has 0 saturated carbocycles. The smallest absolute Gasteiger partial charge is 0.406 e. The number of Topliss-reactive ketones (excluding diaryl/α,β-unsaturated/α-hetero) is 2. The maximum Gasteiger partial charge on any atom is 0.406 e. The van der Waals surface area contributed by atoms with Crippen LogP contribution in [0.15, 0.2) is 65.6 Å². The molecule has 43 heavy (non-hydrogen) atoms. The number of amides is 1. The quantitative estimate of drug-likeness (QED) is 0.157. The third-order valence-electron chi connectivity index (χ3n) is 8.30. The average Bonchev–Trinajstić information content (AvgIpc) is 2.99. The van der Waals surface area contributed by atoms with Crippen molar-refractivity contribution in [2.24, 2.45) is 11.8 Å². The topological polar surface area (TPSA) is 194 Å². The lowest BCUT2D eigenvalue weighted by Crippen LogP contribution is -2.79. The number of ketones is 2. The Morgan fingerprint density at radius 2 is 1.40 bits per heavy atom. The summed E-state index contributed by atoms with van der Waals surface area (Å²) >= 11 is 0. The van der Waals surface area contributed by atoms with Crippen LogP contribution in [0.2, 0.25) is 0 Å². The van der Waals surface area contributed by atoms with Gasteiger partial charge in [-0.3, -0.25) is 24.4 Å². The molecule has 0 unspecified atom stereocenters. The van der Waals surface area contributed by atoms with Crippen LogP contribution in [0.25, 0.3) is 11.1 Å². The number of hydroxylamine groups is 6. The van der Waals surface area contributed by atoms with Gasteiger partial charge in [-0.1, -0.05) is 39.8 Å². The molecule has 2 aliphatic heterocycles. The molecular weight excluding hydrogens is 564 g/mol. The molecular formula is C30H31N2O11+. The zero-order valence-electron chi connectivity index (χ0n) is 23.7. The minimum absolute atomic E-state index is 0.0861. The Kier molecular flexibility index (Phi) is 7.00. The summed E-state index contributed by atoms with van der Waals surface area (Å²) in [4.78, 5) is 44.2. The molecule has 5 rings (SSSR count). The summed E-state index contributed by atoms with van der Waals surface area (Å²) in [7, 11) is 0. The molecule has 13 nitrogen and oxygen atoms in total. The van der Waals surface area contributed by atoms with Crippen LogP contribution in [-0.4, -0.2) is 63.9 Å². The number of allylic oxidation sites excluding steroid dienone is 3. The van der Waals surface area contributed by atoms with Crippen molar-refractivity contribution in [3.05, 3.63) is 76.7 Å². The van der Waals surface area contributed by atoms with E-state index in [0.717, 1.165) is 0 Å². The number of quaternary nitrogens is 1. The first-order valence-corrected chi connectivity index (χ1v) is 13.6. The molecule has 0 spiro atoms. The van der Waals surface area contributed by atoms with E-state index in [2.05, 4.69) is 0 Å². The number of aliphatic hydroxyl groups excluding tert-OH is 3. The van der Waals surface area contributed by atoms with Gasteiger partial charge in [0.1, 0.15) is 10.6 Å². The van der Waals surface area contributed by atoms with E-state index in [1.165, 1.54) is 42.5 Å². The number of nitrogens with zero attached hydrogens (tertiary/aromatic N) is 2. The van der Waals surface area contributed by atoms with Gasteiger partial charge in [0.2, 0.25) is 17.3 Å². The van der Waals surface area contributed by atoms with Crippen molar-refractivity contribution < 1.29 is 59.6 Å². The maximum atomic E-state index is 13.8. The van der Waals surface area contributed by atoms with E-state index in [-0.39, 0.29) is 45.6 Å². The van der Waals surface area contributed by atoms with E-state index in [1.54, 1.807) is 27.7 Å². The Labute approximate surface area is 245 Å². The normalized spacial score (nSPS) is 25.3. The Hall–Kier alpha value is -4.85. The molecule has 6 N–H and O–H groups in total. The van der Waals surface area contributed by atoms with Gasteiger partial charge in [0.25, 0.3) is 0 Å². The van der Waals surface area contributed by atoms with Crippen molar-refractivity contribution in [3.8, 4) is 17.2 Å². The highest BCUT2D eigenvalue weighted by molar-refractivity contribution is 6.46. The van der Waals surface area contributed by atoms with Crippen molar-refractivity contribution in [2.45, 2.75) is 46.3 Å². The number of aromatic hydroxyl groups is 1. The highest BCUT2D eigenvalue weighted by atomic mass is 17.0. The summed E-state index contributed by atoms with van der Waals surface area (Å²) < 4.78 is 6.10. The summed E-state index contributed by atoms with van der Waals surface area (Å²) in [6.45, 7) is 6.62. The number of aliphatic hydroxyl groups is 3. The number of ether oxygens (including phenoxy) is 1. The van der Waals surface area contributed by atoms with Crippen molar-refractivity contribution in [3.63, 3.8) is 0 Å². The van der Waals surface area contributed by atoms with Crippen LogP contribution in [0.4, 0.5) is 0 Å². The van der Waals surface area contributed by atoms with Gasteiger partial charge in [-0.05, 0) is 54.3 Å². The maximum absolute atomic E-state index is 13.8. The lowest BCUT2D eigenvalue weighted by atomic mass is 9.86. The first-order chi connectivity index (χ1) is 20.2. The fraction of sp³-hybridized carbons (Fsp3) is 0.300. The van der Waals surface area contributed by atoms with Crippen LogP contribution >= 0.6 is 0 Å². The molecule has 0 aromatic heterocycles. The third kappa shape index (κ3) is 4.00. The standard InChI is InChI=1S/C30H30N2O11/c1-5-14(3)23-28(38)32(41)30(15(4)6-2,29(39)31(23)40)42-20-13-17(9-12-19(20)43-32)22-26(36)24(34)21(25(35)27(22)37)16-7-10-18(33)11-8-16/h7-15,40-41H,5-6H2,1-4H3,(H3-,33,34,35,36,37,38)/p+1/t14-,15+,30+,32+/m0/s1. The Morgan fingerprint density at radius 1 is 0.837 bits per heavy atom. The second kappa shape index (κ2) is 10.2. The predicted octanol–water partition coefficient (Wildman–Crippen LogP) is 4.42. The first-order valence-electron chi connectivity index (χ1n) is 13.6. The summed E-state index contributed by atoms with van der Waals surface area (Å²) in [5.74, 6) is -8.03. The van der Waals surface area contributed by atoms with Crippen molar-refractivity contribution in [2.75, 3.05) is 0 Å². The fourth-order valence-corrected chi connectivity index (χ4v) is 5.50. The number of rotatable bonds is 6. The van der Waals surface area contributed by atoms with E-state index in [9.17, 15) is 45.2 Å². The molecule has 3 aliphatic rings. The summed E-state index contributed by atoms with van der Waals surface area (Å²) in [6.07, 6.45) is 0.601. The average molecular weight is 596 g/mol. The SMILES string of the molecule is CC[C@@H](C)[C@]12Oc3cc(C4=C(O)C(=O)C(c5ccc(O)cc5)=C(O)C4=O)ccc3O[N@+]1(O)C(O)=C([C@@H](C)CC)N(O)C2=O. The summed E-state index contributed by atoms with van der Waals surface area (Å²) in [6, 6.07) is 8.72. The van der Waals surface area contributed by atoms with E-state index in [4.69, 9.17) is 9.57 Å². The van der Waals surface area contributed by atoms with Crippen LogP contribution in [0.5, 0.6) is 17.2 Å². The minimum Gasteiger partial charge on any atom is -0.508 e. The van der Waals surface area contributed by atoms with Gasteiger partial charge in [-0.25, -0.2) is 0 Å². The molecule has 0 fully saturated rings. The van der Waals surface area contributed by atoms with Gasteiger partial charge in [-0.15, -0.1) is 0 Å². The number of hydrogen-bond donors (Lipinski definition) is 6. The number of hydrogen-bond acceptors (Lipinski definition) is 11. The number of phenolic OH excluding ortho intramolecular Hbond substituents is 1. The van der Waals surface area contributed by atoms with Crippen LogP contribution in [-0.2, 0) is 14.4 Å². The van der Waals surface area contributed by atoms with Crippen molar-refractivity contribution in [1.82, 2.24) is 5.06 Å². The van der Waals surface area contributed by atoms with E-state index in [1.807, 2.05) is 0 Å². The Bertz CT molecular complexity index is 1660. The summed E-state index contributed by atoms with van der Waals surface area (Å²) in [5, 5.41) is 65.3. The molecule has 13 heteroatoms. The number of carbonyl (C=O) groups excluding carboxylic acids is 3. The molecule has 226 valence electrons. The number of benzene rings is 2. The number of phenols is 1. The minimum atomic E-state index is -2.45. The van der Waals surface area contributed by atoms with Crippen LogP contribution in [0, 0.1) is 11.8 Å². The first kappa shape index (κ1) is 29.6. The monoisotopic (exact) mass is 595 g/mol. The van der Waals surface area contributed by atoms with Gasteiger partial charge in [0.05, 0.1) is 17.1 Å². The van der Waals surface area contributed by atoms with Crippen LogP contribution in [0.1, 0.15) is 51.7 Å². The van der Waals surface area contributed by atoms with Gasteiger partial charge < -0.3 is 25.2 Å². The molecule has 0 bridgehead atoms. The largest absolute Gasteiger partial charge is 0.508 e. The Morgan fingerprint density at radius 3 is 1.95 bits per heavy atom. The number of fused-ring (bicyclic) bond motifs is 2. The Balaban J connectivity index is 1.64. The highest BCUT2D eigenvalue weighted by Crippen LogP contribution is 2.52. The fourth-order valence-electron chi connectivity index (χ4n) is 5.50. The summed E-state index contributed by atoms with van der Waals surface area (Å²) in [5.41, 5.74) is -3.76. The molecule has 2 heterocycles. The molecule has 0 saturated heterocycles. The predicted molar refractivity (Wildman–Crippen MR) is 147 cm³/mol. The van der Waals surface area contributed by atoms with E-state index in [0.29, 0.717) is 6.42 Å². The third-order valence-corrected chi connectivity index (χ3v) is 8.30. The van der Waals surface area contributed by atoms with Gasteiger partial charge in [-0.2, -0.15) is 10.3 Å². The molecule has 1 aliphatic carbocycles. The van der Waals surface area contributed by atoms with Crippen LogP contribution < -0.4 is 9.57 Å². The second-order valence-electron chi connectivity index (χ2n) is 10.7. The molecule has 2 aromatic rings. The molecule has 2 aromatic carbocycles. The van der Waals surface area contributed by atoms with Crippen molar-refractivity contribution in [1.29, 1.82) is 0 Å². The molecule has 1 amide bonds. The van der Waals surface area contributed by atoms with Gasteiger partial charge in [0.15, 0.2) is 23.0 Å². The van der Waals surface area contributed by atoms with Crippen LogP contribution in [0.3, 0.4) is 0 Å². The highest BCUT2D eigenvalue weighted by Gasteiger charge is 2.77. The molecule has 0 radical (unpaired) electrons. The van der Waals surface area contributed by atoms with E-state index < -0.39 is 68.4 Å². The lowest BCUT2D eigenvalue weighted by Gasteiger charge is -2.49. The zero-order chi connectivity index (χ0) is 31.6. The van der Waals surface area contributed by atoms with E-state index >= 15 is 0 Å². The number of carbonyl (C=O) groups is 3. The van der Waals surface area contributed by atoms with Gasteiger partial charge >= 0.3 is 17.5 Å². The van der Waals surface area contributed by atoms with Crippen molar-refractivity contribution >= 4 is 28.6 Å². The molecule has 4 atom stereocenters. The lowest BCUT2D eigenvalue weighted by molar-refractivity contribution is -1.25. The second-order valence-corrected chi connectivity index (χ2v) is 10.7. The zero-order valence-corrected chi connectivity index (χ0v) is 23.7.